The van der Waals surface area contributed by atoms with E-state index in [9.17, 15) is 59.1 Å². The molecule has 0 heterocycles. The van der Waals surface area contributed by atoms with E-state index in [-0.39, 0.29) is 55.6 Å². The van der Waals surface area contributed by atoms with Gasteiger partial charge in [0.25, 0.3) is 0 Å². The van der Waals surface area contributed by atoms with E-state index in [1.165, 1.54) is 60.3 Å². The molecule has 0 aromatic heterocycles. The van der Waals surface area contributed by atoms with Crippen LogP contribution in [0, 0.1) is 5.92 Å². The number of phenolic OH excluding ortho intramolecular Hbond substituents is 2. The number of guanidine groups is 1. The van der Waals surface area contributed by atoms with Crippen LogP contribution in [0.15, 0.2) is 77.8 Å². The van der Waals surface area contributed by atoms with Gasteiger partial charge in [0.1, 0.15) is 52.1 Å². The highest BCUT2D eigenvalue weighted by atomic mass is 32.2. The molecule has 0 aliphatic carbocycles. The molecule has 7 atom stereocenters. The van der Waals surface area contributed by atoms with Crippen LogP contribution in [0.2, 0.25) is 0 Å². The van der Waals surface area contributed by atoms with Crippen LogP contribution in [0.4, 0.5) is 5.69 Å². The van der Waals surface area contributed by atoms with E-state index in [4.69, 9.17) is 29.4 Å². The molecule has 0 fully saturated rings. The Labute approximate surface area is 457 Å². The summed E-state index contributed by atoms with van der Waals surface area (Å²) < 4.78 is 0.781. The Hall–Kier alpha value is -7.10. The number of amides is 7. The highest BCUT2D eigenvalue weighted by Gasteiger charge is 2.34. The zero-order valence-corrected chi connectivity index (χ0v) is 45.2. The van der Waals surface area contributed by atoms with Crippen molar-refractivity contribution in [2.75, 3.05) is 44.8 Å². The minimum Gasteiger partial charge on any atom is -0.508 e. The smallest absolute Gasteiger partial charge is 0.246 e. The van der Waals surface area contributed by atoms with Crippen molar-refractivity contribution in [1.29, 1.82) is 0 Å². The number of benzene rings is 3. The molecule has 422 valence electrons. The van der Waals surface area contributed by atoms with Gasteiger partial charge in [-0.15, -0.1) is 0 Å². The number of aliphatic imine (C=N–C) groups is 1. The first-order chi connectivity index (χ1) is 36.6. The number of aromatic hydroxyl groups is 2. The summed E-state index contributed by atoms with van der Waals surface area (Å²) in [6, 6.07) is 7.89. The largest absolute Gasteiger partial charge is 0.508 e. The Bertz CT molecular complexity index is 2450. The van der Waals surface area contributed by atoms with Gasteiger partial charge < -0.3 is 84.9 Å². The maximum Gasteiger partial charge on any atom is 0.246 e. The standard InChI is InChI=1S/C51H74N12O12S2/c1-5-63(6-2)51(76)77-28-32-9-15-33(16-10-32)56-44(70)37(22-29(3)4)57-47(73)41(26-65)61-46(72)39(24-31-13-19-35(68)20-14-31)58-45(71)38(23-30-11-17-34(67)18-12-30)59-48(74)42(27-66)62-49(75)40(25-64)60-43(69)36(52)8-7-21-55-50(53)54/h9-20,29,36-42,64-68H,5-8,21-28,52H2,1-4H3,(H,56,70)(H,57,73)(H,58,71)(H,59,74)(H,60,69)(H,61,72)(H,62,75)(H4,53,54,55)/t36-,37-,38-,39-,40-,41-,42-/m0/s1. The molecule has 0 unspecified atom stereocenters. The first-order valence-electron chi connectivity index (χ1n) is 24.9. The van der Waals surface area contributed by atoms with Gasteiger partial charge in [-0.25, -0.2) is 0 Å². The predicted octanol–water partition coefficient (Wildman–Crippen LogP) is -1.31. The van der Waals surface area contributed by atoms with Gasteiger partial charge >= 0.3 is 0 Å². The first kappa shape index (κ1) is 64.2. The van der Waals surface area contributed by atoms with Crippen LogP contribution in [0.5, 0.6) is 11.5 Å². The van der Waals surface area contributed by atoms with E-state index in [1.54, 1.807) is 12.1 Å². The van der Waals surface area contributed by atoms with E-state index >= 15 is 0 Å². The number of rotatable bonds is 31. The minimum atomic E-state index is -1.77. The highest BCUT2D eigenvalue weighted by Crippen LogP contribution is 2.20. The van der Waals surface area contributed by atoms with Crippen molar-refractivity contribution in [3.8, 4) is 11.5 Å². The fourth-order valence-corrected chi connectivity index (χ4v) is 8.72. The van der Waals surface area contributed by atoms with E-state index in [1.807, 2.05) is 39.8 Å². The monoisotopic (exact) mass is 1110 g/mol. The maximum atomic E-state index is 14.4. The second-order valence-corrected chi connectivity index (χ2v) is 19.9. The molecular weight excluding hydrogens is 1040 g/mol. The van der Waals surface area contributed by atoms with Crippen molar-refractivity contribution in [1.82, 2.24) is 36.8 Å². The maximum absolute atomic E-state index is 14.4. The number of hydrogen-bond donors (Lipinski definition) is 15. The summed E-state index contributed by atoms with van der Waals surface area (Å²) in [4.78, 5) is 102. The van der Waals surface area contributed by atoms with Gasteiger partial charge in [-0.1, -0.05) is 74.2 Å². The molecule has 3 aromatic carbocycles. The predicted molar refractivity (Wildman–Crippen MR) is 296 cm³/mol. The van der Waals surface area contributed by atoms with Crippen molar-refractivity contribution in [3.63, 3.8) is 0 Å². The molecule has 77 heavy (non-hydrogen) atoms. The number of nitrogens with two attached hydrogens (primary N) is 3. The number of nitrogens with one attached hydrogen (secondary N) is 7. The van der Waals surface area contributed by atoms with Crippen LogP contribution in [-0.4, -0.2) is 164 Å². The van der Waals surface area contributed by atoms with Crippen molar-refractivity contribution in [2.24, 2.45) is 28.1 Å². The number of phenols is 2. The average Bonchev–Trinajstić information content (AvgIpc) is 3.39. The molecule has 0 radical (unpaired) electrons. The topological polar surface area (TPSA) is 399 Å². The van der Waals surface area contributed by atoms with E-state index in [2.05, 4.69) is 47.1 Å². The SMILES string of the molecule is CCN(CC)C(=S)SCc1ccc(NC(=O)[C@H](CC(C)C)NC(=O)[C@H](CO)NC(=O)[C@H](Cc2ccc(O)cc2)NC(=O)[C@H](Cc2ccc(O)cc2)NC(=O)[C@H](CO)NC(=O)[C@H](CO)NC(=O)[C@@H](N)CCCN=C(N)N)cc1. The zero-order valence-electron chi connectivity index (χ0n) is 43.6. The summed E-state index contributed by atoms with van der Waals surface area (Å²) in [5, 5.41) is 68.1. The van der Waals surface area contributed by atoms with E-state index < -0.39 is 103 Å². The van der Waals surface area contributed by atoms with Gasteiger partial charge in [0.05, 0.1) is 25.9 Å². The lowest BCUT2D eigenvalue weighted by Crippen LogP contribution is -2.61. The number of thiocarbonyl (C=S) groups is 1. The van der Waals surface area contributed by atoms with Crippen molar-refractivity contribution in [2.45, 2.75) is 108 Å². The van der Waals surface area contributed by atoms with Crippen LogP contribution >= 0.6 is 24.0 Å². The fraction of sp³-hybridized carbons (Fsp3) is 0.471. The van der Waals surface area contributed by atoms with Crippen molar-refractivity contribution in [3.05, 3.63) is 89.5 Å². The molecule has 26 heteroatoms. The quantitative estimate of drug-likeness (QED) is 0.0154. The summed E-state index contributed by atoms with van der Waals surface area (Å²) in [5.74, 6) is -6.34. The lowest BCUT2D eigenvalue weighted by atomic mass is 10.0. The van der Waals surface area contributed by atoms with Crippen LogP contribution in [-0.2, 0) is 52.2 Å². The third-order valence-electron chi connectivity index (χ3n) is 11.7. The van der Waals surface area contributed by atoms with Crippen LogP contribution in [0.3, 0.4) is 0 Å². The second kappa shape index (κ2) is 33.1. The van der Waals surface area contributed by atoms with Gasteiger partial charge in [-0.05, 0) is 92.1 Å². The summed E-state index contributed by atoms with van der Waals surface area (Å²) in [7, 11) is 0. The number of thioether (sulfide) groups is 1. The number of aliphatic hydroxyl groups is 3. The number of hydrogen-bond acceptors (Lipinski definition) is 16. The molecule has 0 spiro atoms. The molecule has 24 nitrogen and oxygen atoms in total. The molecular formula is C51H74N12O12S2. The molecule has 18 N–H and O–H groups in total. The van der Waals surface area contributed by atoms with Gasteiger partial charge in [0, 0.05) is 43.9 Å². The molecule has 3 rings (SSSR count). The number of carbonyl (C=O) groups is 7. The van der Waals surface area contributed by atoms with Gasteiger partial charge in [0.2, 0.25) is 41.4 Å². The molecule has 0 saturated heterocycles. The Morgan fingerprint density at radius 3 is 1.38 bits per heavy atom. The molecule has 3 aromatic rings. The lowest BCUT2D eigenvalue weighted by molar-refractivity contribution is -0.136. The molecule has 0 bridgehead atoms. The van der Waals surface area contributed by atoms with E-state index in [0.29, 0.717) is 29.0 Å². The highest BCUT2D eigenvalue weighted by molar-refractivity contribution is 8.22. The number of carbonyl (C=O) groups excluding carboxylic acids is 7. The van der Waals surface area contributed by atoms with Crippen LogP contribution < -0.4 is 54.4 Å². The van der Waals surface area contributed by atoms with Crippen LogP contribution in [0.1, 0.15) is 63.6 Å². The summed E-state index contributed by atoms with van der Waals surface area (Å²) >= 11 is 7.07. The van der Waals surface area contributed by atoms with Gasteiger partial charge in [0.15, 0.2) is 5.96 Å². The Balaban J connectivity index is 1.83. The Morgan fingerprint density at radius 1 is 0.584 bits per heavy atom. The molecule has 7 amide bonds. The van der Waals surface area contributed by atoms with Crippen molar-refractivity contribution >= 4 is 81.3 Å². The summed E-state index contributed by atoms with van der Waals surface area (Å²) in [6.45, 7) is 6.61. The Kier molecular flexibility index (Phi) is 27.6. The molecule has 0 aliphatic heterocycles. The fourth-order valence-electron chi connectivity index (χ4n) is 7.36. The molecule has 0 aliphatic rings. The second-order valence-electron chi connectivity index (χ2n) is 18.3. The first-order valence-corrected chi connectivity index (χ1v) is 26.3. The third kappa shape index (κ3) is 22.6. The van der Waals surface area contributed by atoms with Crippen LogP contribution in [0.25, 0.3) is 0 Å². The minimum absolute atomic E-state index is 0.0966. The average molecular weight is 1110 g/mol. The lowest BCUT2D eigenvalue weighted by Gasteiger charge is -2.27. The number of anilines is 1. The zero-order chi connectivity index (χ0) is 57.2. The van der Waals surface area contributed by atoms with Gasteiger partial charge in [-0.2, -0.15) is 0 Å². The van der Waals surface area contributed by atoms with Gasteiger partial charge in [-0.3, -0.25) is 38.6 Å². The van der Waals surface area contributed by atoms with Crippen molar-refractivity contribution < 1.29 is 59.1 Å². The Morgan fingerprint density at radius 2 is 0.974 bits per heavy atom. The number of aliphatic hydroxyl groups excluding tert-OH is 3. The van der Waals surface area contributed by atoms with E-state index in [0.717, 1.165) is 23.0 Å². The normalized spacial score (nSPS) is 13.7. The molecule has 0 saturated carbocycles. The number of nitrogens with zero attached hydrogens (tertiary/aromatic N) is 2. The third-order valence-corrected chi connectivity index (χ3v) is 13.3. The summed E-state index contributed by atoms with van der Waals surface area (Å²) in [6.07, 6.45) is 0.0342. The summed E-state index contributed by atoms with van der Waals surface area (Å²) in [5.41, 5.74) is 18.8.